The third-order valence-corrected chi connectivity index (χ3v) is 6.49. The van der Waals surface area contributed by atoms with E-state index in [1.807, 2.05) is 21.9 Å². The van der Waals surface area contributed by atoms with Gasteiger partial charge in [0.1, 0.15) is 17.7 Å². The molecule has 33 heavy (non-hydrogen) atoms. The molecule has 7 nitrogen and oxygen atoms in total. The summed E-state index contributed by atoms with van der Waals surface area (Å²) in [4.78, 5) is 36.1. The zero-order chi connectivity index (χ0) is 23.2. The second-order valence-corrected chi connectivity index (χ2v) is 8.92. The smallest absolute Gasteiger partial charge is 0.227 e. The number of benzene rings is 1. The molecule has 2 saturated heterocycles. The Hall–Kier alpha value is -3.00. The molecule has 2 aromatic rings. The molecule has 1 aromatic heterocycles. The fraction of sp³-hybridized carbons (Fsp3) is 0.480. The van der Waals surface area contributed by atoms with Crippen LogP contribution in [0.15, 0.2) is 48.8 Å². The Balaban J connectivity index is 1.43. The average molecular weight is 455 g/mol. The maximum absolute atomic E-state index is 13.3. The molecule has 0 radical (unpaired) electrons. The Bertz CT molecular complexity index is 932. The Morgan fingerprint density at radius 2 is 1.79 bits per heavy atom. The molecule has 2 aliphatic heterocycles. The standard InChI is InChI=1S/C25H31FN4O3/c1-28-11-13-29(14-12-28)25(32)16-20-18-30(24(31)15-19-3-2-9-27-17-19)10-8-23(20)33-22-6-4-21(26)5-7-22/h2-7,9,17,20,23H,8,10-16,18H2,1H3/t20-,23-/m0/s1. The van der Waals surface area contributed by atoms with Gasteiger partial charge in [-0.2, -0.15) is 0 Å². The van der Waals surface area contributed by atoms with E-state index in [-0.39, 0.29) is 36.1 Å². The number of amides is 2. The number of hydrogen-bond acceptors (Lipinski definition) is 5. The Morgan fingerprint density at radius 1 is 1.03 bits per heavy atom. The number of aromatic nitrogens is 1. The largest absolute Gasteiger partial charge is 0.490 e. The summed E-state index contributed by atoms with van der Waals surface area (Å²) >= 11 is 0. The Labute approximate surface area is 194 Å². The quantitative estimate of drug-likeness (QED) is 0.670. The molecule has 4 rings (SSSR count). The average Bonchev–Trinajstić information content (AvgIpc) is 2.82. The monoisotopic (exact) mass is 454 g/mol. The van der Waals surface area contributed by atoms with E-state index in [1.54, 1.807) is 24.5 Å². The lowest BCUT2D eigenvalue weighted by molar-refractivity contribution is -0.139. The van der Waals surface area contributed by atoms with Gasteiger partial charge in [0.05, 0.1) is 6.42 Å². The summed E-state index contributed by atoms with van der Waals surface area (Å²) in [5.41, 5.74) is 0.872. The van der Waals surface area contributed by atoms with Crippen molar-refractivity contribution in [1.82, 2.24) is 19.7 Å². The summed E-state index contributed by atoms with van der Waals surface area (Å²) in [7, 11) is 2.06. The Morgan fingerprint density at radius 3 is 2.48 bits per heavy atom. The first-order valence-electron chi connectivity index (χ1n) is 11.5. The minimum absolute atomic E-state index is 0.0280. The number of carbonyl (C=O) groups excluding carboxylic acids is 2. The van der Waals surface area contributed by atoms with Gasteiger partial charge in [0.25, 0.3) is 0 Å². The van der Waals surface area contributed by atoms with Crippen molar-refractivity contribution in [1.29, 1.82) is 0 Å². The molecule has 2 aliphatic rings. The second-order valence-electron chi connectivity index (χ2n) is 8.92. The molecule has 0 spiro atoms. The maximum atomic E-state index is 13.3. The number of rotatable bonds is 6. The van der Waals surface area contributed by atoms with Crippen LogP contribution in [0.1, 0.15) is 18.4 Å². The summed E-state index contributed by atoms with van der Waals surface area (Å²) in [6.45, 7) is 4.18. The number of likely N-dealkylation sites (tertiary alicyclic amines) is 1. The van der Waals surface area contributed by atoms with Crippen molar-refractivity contribution in [3.8, 4) is 5.75 Å². The molecule has 0 bridgehead atoms. The number of nitrogens with zero attached hydrogens (tertiary/aromatic N) is 4. The SMILES string of the molecule is CN1CCN(C(=O)C[C@H]2CN(C(=O)Cc3cccnc3)CC[C@@H]2Oc2ccc(F)cc2)CC1. The summed E-state index contributed by atoms with van der Waals surface area (Å²) in [6, 6.07) is 9.66. The highest BCUT2D eigenvalue weighted by atomic mass is 19.1. The predicted octanol–water partition coefficient (Wildman–Crippen LogP) is 2.22. The van der Waals surface area contributed by atoms with Crippen LogP contribution in [0.25, 0.3) is 0 Å². The predicted molar refractivity (Wildman–Crippen MR) is 122 cm³/mol. The second kappa shape index (κ2) is 10.7. The van der Waals surface area contributed by atoms with Gasteiger partial charge in [-0.25, -0.2) is 4.39 Å². The number of halogens is 1. The minimum Gasteiger partial charge on any atom is -0.490 e. The van der Waals surface area contributed by atoms with Crippen molar-refractivity contribution < 1.29 is 18.7 Å². The van der Waals surface area contributed by atoms with E-state index in [2.05, 4.69) is 16.9 Å². The molecule has 2 atom stereocenters. The van der Waals surface area contributed by atoms with E-state index in [0.717, 1.165) is 31.7 Å². The molecule has 2 fully saturated rings. The van der Waals surface area contributed by atoms with E-state index >= 15 is 0 Å². The van der Waals surface area contributed by atoms with Crippen LogP contribution in [-0.2, 0) is 16.0 Å². The van der Waals surface area contributed by atoms with Gasteiger partial charge in [-0.3, -0.25) is 14.6 Å². The number of likely N-dealkylation sites (N-methyl/N-ethyl adjacent to an activating group) is 1. The van der Waals surface area contributed by atoms with E-state index in [9.17, 15) is 14.0 Å². The topological polar surface area (TPSA) is 66.0 Å². The van der Waals surface area contributed by atoms with Crippen molar-refractivity contribution in [3.05, 3.63) is 60.2 Å². The van der Waals surface area contributed by atoms with E-state index in [0.29, 0.717) is 31.7 Å². The van der Waals surface area contributed by atoms with Crippen molar-refractivity contribution >= 4 is 11.8 Å². The van der Waals surface area contributed by atoms with Crippen LogP contribution < -0.4 is 4.74 Å². The molecule has 3 heterocycles. The van der Waals surface area contributed by atoms with Gasteiger partial charge >= 0.3 is 0 Å². The molecule has 0 saturated carbocycles. The summed E-state index contributed by atoms with van der Waals surface area (Å²) < 4.78 is 19.5. The number of carbonyl (C=O) groups is 2. The molecule has 176 valence electrons. The molecule has 0 N–H and O–H groups in total. The molecule has 0 aliphatic carbocycles. The lowest BCUT2D eigenvalue weighted by Gasteiger charge is -2.40. The van der Waals surface area contributed by atoms with E-state index in [1.165, 1.54) is 12.1 Å². The van der Waals surface area contributed by atoms with Gasteiger partial charge in [-0.15, -0.1) is 0 Å². The first-order valence-corrected chi connectivity index (χ1v) is 11.5. The van der Waals surface area contributed by atoms with Crippen molar-refractivity contribution in [3.63, 3.8) is 0 Å². The zero-order valence-corrected chi connectivity index (χ0v) is 19.0. The highest BCUT2D eigenvalue weighted by molar-refractivity contribution is 5.79. The summed E-state index contributed by atoms with van der Waals surface area (Å²) in [6.07, 6.45) is 4.41. The first kappa shape index (κ1) is 23.2. The van der Waals surface area contributed by atoms with Crippen molar-refractivity contribution in [2.45, 2.75) is 25.4 Å². The summed E-state index contributed by atoms with van der Waals surface area (Å²) in [5, 5.41) is 0. The Kier molecular flexibility index (Phi) is 7.54. The van der Waals surface area contributed by atoms with Crippen molar-refractivity contribution in [2.24, 2.45) is 5.92 Å². The molecular formula is C25H31FN4O3. The highest BCUT2D eigenvalue weighted by Gasteiger charge is 2.35. The number of ether oxygens (including phenoxy) is 1. The highest BCUT2D eigenvalue weighted by Crippen LogP contribution is 2.27. The van der Waals surface area contributed by atoms with Crippen LogP contribution in [0.3, 0.4) is 0 Å². The molecule has 0 unspecified atom stereocenters. The lowest BCUT2D eigenvalue weighted by atomic mass is 9.90. The molecule has 1 aromatic carbocycles. The third-order valence-electron chi connectivity index (χ3n) is 6.49. The normalized spacial score (nSPS) is 21.6. The fourth-order valence-corrected chi connectivity index (χ4v) is 4.47. The summed E-state index contributed by atoms with van der Waals surface area (Å²) in [5.74, 6) is 0.255. The van der Waals surface area contributed by atoms with Gasteiger partial charge in [0.15, 0.2) is 0 Å². The molecule has 8 heteroatoms. The van der Waals surface area contributed by atoms with Gasteiger partial charge in [-0.1, -0.05) is 6.07 Å². The van der Waals surface area contributed by atoms with Gasteiger partial charge < -0.3 is 19.4 Å². The van der Waals surface area contributed by atoms with Gasteiger partial charge in [0.2, 0.25) is 11.8 Å². The molecular weight excluding hydrogens is 423 g/mol. The van der Waals surface area contributed by atoms with Gasteiger partial charge in [0, 0.05) is 70.4 Å². The van der Waals surface area contributed by atoms with Crippen LogP contribution in [0.2, 0.25) is 0 Å². The zero-order valence-electron chi connectivity index (χ0n) is 19.0. The van der Waals surface area contributed by atoms with Crippen LogP contribution in [-0.4, -0.2) is 83.9 Å². The lowest BCUT2D eigenvalue weighted by Crippen LogP contribution is -2.51. The number of pyridine rings is 1. The van der Waals surface area contributed by atoms with Crippen LogP contribution in [0.4, 0.5) is 4.39 Å². The van der Waals surface area contributed by atoms with Crippen LogP contribution in [0.5, 0.6) is 5.75 Å². The van der Waals surface area contributed by atoms with E-state index < -0.39 is 0 Å². The van der Waals surface area contributed by atoms with Crippen LogP contribution >= 0.6 is 0 Å². The first-order chi connectivity index (χ1) is 16.0. The minimum atomic E-state index is -0.319. The number of piperidine rings is 1. The fourth-order valence-electron chi connectivity index (χ4n) is 4.47. The third kappa shape index (κ3) is 6.28. The van der Waals surface area contributed by atoms with E-state index in [4.69, 9.17) is 4.74 Å². The van der Waals surface area contributed by atoms with Crippen molar-refractivity contribution in [2.75, 3.05) is 46.3 Å². The van der Waals surface area contributed by atoms with Gasteiger partial charge in [-0.05, 0) is 42.9 Å². The van der Waals surface area contributed by atoms with Crippen LogP contribution in [0, 0.1) is 11.7 Å². The molecule has 2 amide bonds. The number of piperazine rings is 1. The number of hydrogen-bond donors (Lipinski definition) is 0. The maximum Gasteiger partial charge on any atom is 0.227 e.